The quantitative estimate of drug-likeness (QED) is 0.550. The number of nitrogens with zero attached hydrogens (tertiary/aromatic N) is 1. The van der Waals surface area contributed by atoms with Crippen LogP contribution >= 0.6 is 0 Å². The van der Waals surface area contributed by atoms with Gasteiger partial charge in [-0.05, 0) is 32.9 Å². The van der Waals surface area contributed by atoms with Crippen LogP contribution in [0.5, 0.6) is 0 Å². The van der Waals surface area contributed by atoms with Gasteiger partial charge in [0.15, 0.2) is 0 Å². The molecule has 0 aromatic carbocycles. The Labute approximate surface area is 96.1 Å². The van der Waals surface area contributed by atoms with Crippen LogP contribution in [0, 0.1) is 0 Å². The van der Waals surface area contributed by atoms with Gasteiger partial charge < -0.3 is 15.0 Å². The Morgan fingerprint density at radius 1 is 1.25 bits per heavy atom. The average Bonchev–Trinajstić information content (AvgIpc) is 2.30. The summed E-state index contributed by atoms with van der Waals surface area (Å²) < 4.78 is 4.58. The van der Waals surface area contributed by atoms with Gasteiger partial charge in [-0.15, -0.1) is 0 Å². The third-order valence-corrected chi connectivity index (χ3v) is 2.62. The molecule has 1 amide bonds. The van der Waals surface area contributed by atoms with Crippen molar-refractivity contribution in [2.45, 2.75) is 26.2 Å². The molecule has 1 fully saturated rings. The molecule has 1 aliphatic heterocycles. The molecule has 5 nitrogen and oxygen atoms in total. The van der Waals surface area contributed by atoms with Crippen LogP contribution in [0.25, 0.3) is 0 Å². The van der Waals surface area contributed by atoms with Crippen LogP contribution in [0.15, 0.2) is 0 Å². The van der Waals surface area contributed by atoms with Gasteiger partial charge >= 0.3 is 11.9 Å². The van der Waals surface area contributed by atoms with Crippen molar-refractivity contribution in [2.75, 3.05) is 32.8 Å². The van der Waals surface area contributed by atoms with Crippen LogP contribution in [0.4, 0.5) is 0 Å². The number of amides is 1. The molecule has 0 aromatic heterocycles. The molecule has 1 N–H and O–H groups in total. The van der Waals surface area contributed by atoms with E-state index in [0.717, 1.165) is 19.6 Å². The van der Waals surface area contributed by atoms with Crippen LogP contribution in [-0.2, 0) is 14.3 Å². The zero-order valence-corrected chi connectivity index (χ0v) is 9.83. The maximum absolute atomic E-state index is 11.2. The number of rotatable bonds is 4. The predicted molar refractivity (Wildman–Crippen MR) is 59.9 cm³/mol. The molecule has 0 spiro atoms. The van der Waals surface area contributed by atoms with Crippen LogP contribution in [-0.4, -0.2) is 49.6 Å². The van der Waals surface area contributed by atoms with Crippen molar-refractivity contribution in [1.82, 2.24) is 10.2 Å². The molecule has 1 saturated heterocycles. The molecule has 0 aromatic rings. The number of piperidine rings is 1. The second kappa shape index (κ2) is 7.22. The molecular weight excluding hydrogens is 208 g/mol. The number of ether oxygens (including phenoxy) is 1. The van der Waals surface area contributed by atoms with Crippen molar-refractivity contribution in [3.05, 3.63) is 0 Å². The predicted octanol–water partition coefficient (Wildman–Crippen LogP) is 0.152. The maximum atomic E-state index is 11.2. The molecule has 5 heteroatoms. The topological polar surface area (TPSA) is 58.6 Å². The van der Waals surface area contributed by atoms with Crippen LogP contribution < -0.4 is 5.32 Å². The Bertz CT molecular complexity index is 237. The van der Waals surface area contributed by atoms with E-state index in [2.05, 4.69) is 15.0 Å². The zero-order chi connectivity index (χ0) is 11.8. The lowest BCUT2D eigenvalue weighted by Gasteiger charge is -2.26. The van der Waals surface area contributed by atoms with Gasteiger partial charge in [-0.25, -0.2) is 4.79 Å². The molecular formula is C11H20N2O3. The smallest absolute Gasteiger partial charge is 0.396 e. The molecule has 0 bridgehead atoms. The summed E-state index contributed by atoms with van der Waals surface area (Å²) in [5.74, 6) is -1.43. The number of nitrogens with one attached hydrogen (secondary N) is 1. The summed E-state index contributed by atoms with van der Waals surface area (Å²) in [6, 6.07) is 0. The van der Waals surface area contributed by atoms with Gasteiger partial charge in [-0.3, -0.25) is 4.79 Å². The molecule has 92 valence electrons. The molecule has 1 aliphatic rings. The Morgan fingerprint density at radius 3 is 2.56 bits per heavy atom. The molecule has 0 atom stereocenters. The minimum Gasteiger partial charge on any atom is -0.459 e. The summed E-state index contributed by atoms with van der Waals surface area (Å²) in [5.41, 5.74) is 0. The second-order valence-electron chi connectivity index (χ2n) is 3.88. The monoisotopic (exact) mass is 228 g/mol. The Morgan fingerprint density at radius 2 is 1.94 bits per heavy atom. The van der Waals surface area contributed by atoms with Crippen molar-refractivity contribution in [3.63, 3.8) is 0 Å². The number of hydrogen-bond acceptors (Lipinski definition) is 4. The van der Waals surface area contributed by atoms with Gasteiger partial charge in [0.25, 0.3) is 0 Å². The number of hydrogen-bond donors (Lipinski definition) is 1. The molecule has 0 unspecified atom stereocenters. The Kier molecular flexibility index (Phi) is 5.85. The van der Waals surface area contributed by atoms with E-state index in [4.69, 9.17) is 0 Å². The summed E-state index contributed by atoms with van der Waals surface area (Å²) in [6.45, 7) is 5.42. The molecule has 16 heavy (non-hydrogen) atoms. The first kappa shape index (κ1) is 13.0. The zero-order valence-electron chi connectivity index (χ0n) is 9.83. The minimum absolute atomic E-state index is 0.235. The van der Waals surface area contributed by atoms with E-state index in [1.807, 2.05) is 0 Å². The van der Waals surface area contributed by atoms with E-state index in [0.29, 0.717) is 6.54 Å². The maximum Gasteiger partial charge on any atom is 0.396 e. The van der Waals surface area contributed by atoms with E-state index in [-0.39, 0.29) is 6.61 Å². The van der Waals surface area contributed by atoms with Gasteiger partial charge in [0.2, 0.25) is 0 Å². The fourth-order valence-corrected chi connectivity index (χ4v) is 1.78. The van der Waals surface area contributed by atoms with Crippen molar-refractivity contribution < 1.29 is 14.3 Å². The number of esters is 1. The van der Waals surface area contributed by atoms with Crippen molar-refractivity contribution in [3.8, 4) is 0 Å². The fourth-order valence-electron chi connectivity index (χ4n) is 1.78. The minimum atomic E-state index is -0.791. The highest BCUT2D eigenvalue weighted by Gasteiger charge is 2.15. The van der Waals surface area contributed by atoms with Crippen LogP contribution in [0.3, 0.4) is 0 Å². The summed E-state index contributed by atoms with van der Waals surface area (Å²) in [4.78, 5) is 24.4. The van der Waals surface area contributed by atoms with E-state index in [9.17, 15) is 9.59 Å². The van der Waals surface area contributed by atoms with E-state index in [1.54, 1.807) is 6.92 Å². The first-order valence-corrected chi connectivity index (χ1v) is 5.91. The largest absolute Gasteiger partial charge is 0.459 e. The summed E-state index contributed by atoms with van der Waals surface area (Å²) in [6.07, 6.45) is 3.75. The standard InChI is InChI=1S/C11H20N2O3/c1-2-16-11(15)10(14)12-6-9-13-7-4-3-5-8-13/h2-9H2,1H3,(H,12,14). The first-order valence-electron chi connectivity index (χ1n) is 5.91. The second-order valence-corrected chi connectivity index (χ2v) is 3.88. The summed E-state index contributed by atoms with van der Waals surface area (Å²) in [7, 11) is 0. The van der Waals surface area contributed by atoms with Crippen LogP contribution in [0.1, 0.15) is 26.2 Å². The SMILES string of the molecule is CCOC(=O)C(=O)NCCN1CCCCC1. The number of carbonyl (C=O) groups excluding carboxylic acids is 2. The molecule has 0 aliphatic carbocycles. The van der Waals surface area contributed by atoms with E-state index in [1.165, 1.54) is 19.3 Å². The molecule has 0 saturated carbocycles. The average molecular weight is 228 g/mol. The third-order valence-electron chi connectivity index (χ3n) is 2.62. The lowest BCUT2D eigenvalue weighted by Crippen LogP contribution is -2.40. The Hall–Kier alpha value is -1.10. The highest BCUT2D eigenvalue weighted by Crippen LogP contribution is 2.07. The fraction of sp³-hybridized carbons (Fsp3) is 0.818. The lowest BCUT2D eigenvalue weighted by atomic mass is 10.1. The van der Waals surface area contributed by atoms with Gasteiger partial charge in [0, 0.05) is 13.1 Å². The number of carbonyl (C=O) groups is 2. The lowest BCUT2D eigenvalue weighted by molar-refractivity contribution is -0.154. The molecule has 1 rings (SSSR count). The van der Waals surface area contributed by atoms with Crippen molar-refractivity contribution in [1.29, 1.82) is 0 Å². The molecule has 1 heterocycles. The van der Waals surface area contributed by atoms with Crippen molar-refractivity contribution >= 4 is 11.9 Å². The highest BCUT2D eigenvalue weighted by atomic mass is 16.5. The summed E-state index contributed by atoms with van der Waals surface area (Å²) >= 11 is 0. The normalized spacial score (nSPS) is 16.8. The van der Waals surface area contributed by atoms with Gasteiger partial charge in [0.05, 0.1) is 6.61 Å². The summed E-state index contributed by atoms with van der Waals surface area (Å²) in [5, 5.41) is 2.56. The number of likely N-dealkylation sites (tertiary alicyclic amines) is 1. The first-order chi connectivity index (χ1) is 7.74. The highest BCUT2D eigenvalue weighted by molar-refractivity contribution is 6.32. The van der Waals surface area contributed by atoms with E-state index >= 15 is 0 Å². The van der Waals surface area contributed by atoms with Crippen molar-refractivity contribution in [2.24, 2.45) is 0 Å². The molecule has 0 radical (unpaired) electrons. The van der Waals surface area contributed by atoms with E-state index < -0.39 is 11.9 Å². The van der Waals surface area contributed by atoms with Gasteiger partial charge in [0.1, 0.15) is 0 Å². The van der Waals surface area contributed by atoms with Crippen LogP contribution in [0.2, 0.25) is 0 Å². The van der Waals surface area contributed by atoms with Gasteiger partial charge in [-0.1, -0.05) is 6.42 Å². The Balaban J connectivity index is 2.09. The third kappa shape index (κ3) is 4.61. The van der Waals surface area contributed by atoms with Gasteiger partial charge in [-0.2, -0.15) is 0 Å².